The number of hydrogen-bond acceptors (Lipinski definition) is 3. The molecule has 0 bridgehead atoms. The Balaban J connectivity index is 1.74. The largest absolute Gasteiger partial charge is 0.496 e. The monoisotopic (exact) mass is 296 g/mol. The molecule has 2 N–H and O–H groups in total. The van der Waals surface area contributed by atoms with Gasteiger partial charge in [-0.25, -0.2) is 0 Å². The van der Waals surface area contributed by atoms with Crippen LogP contribution in [-0.4, -0.2) is 19.7 Å². The van der Waals surface area contributed by atoms with Gasteiger partial charge in [0.2, 0.25) is 0 Å². The summed E-state index contributed by atoms with van der Waals surface area (Å²) in [5.74, 6) is 0.950. The van der Waals surface area contributed by atoms with Gasteiger partial charge in [-0.3, -0.25) is 0 Å². The first kappa shape index (κ1) is 15.1. The molecule has 3 heteroatoms. The van der Waals surface area contributed by atoms with Crippen molar-refractivity contribution in [2.45, 2.75) is 31.0 Å². The lowest BCUT2D eigenvalue weighted by Gasteiger charge is -2.28. The van der Waals surface area contributed by atoms with E-state index < -0.39 is 0 Å². The summed E-state index contributed by atoms with van der Waals surface area (Å²) in [4.78, 5) is 0. The Morgan fingerprint density at radius 2 is 1.73 bits per heavy atom. The maximum absolute atomic E-state index is 5.45. The number of benzene rings is 2. The van der Waals surface area contributed by atoms with Crippen LogP contribution in [0.15, 0.2) is 54.6 Å². The van der Waals surface area contributed by atoms with Crippen LogP contribution in [0.3, 0.4) is 0 Å². The number of likely N-dealkylation sites (N-methyl/N-ethyl adjacent to an activating group) is 1. The van der Waals surface area contributed by atoms with Gasteiger partial charge in [-0.2, -0.15) is 0 Å². The predicted molar refractivity (Wildman–Crippen MR) is 90.0 cm³/mol. The molecule has 1 unspecified atom stereocenters. The Labute approximate surface area is 132 Å². The van der Waals surface area contributed by atoms with E-state index in [0.717, 1.165) is 12.3 Å². The van der Waals surface area contributed by atoms with Gasteiger partial charge < -0.3 is 15.4 Å². The normalized spacial score (nSPS) is 17.0. The van der Waals surface area contributed by atoms with Gasteiger partial charge in [0.25, 0.3) is 0 Å². The van der Waals surface area contributed by atoms with Gasteiger partial charge in [0.05, 0.1) is 13.2 Å². The van der Waals surface area contributed by atoms with E-state index in [1.54, 1.807) is 7.11 Å². The molecule has 1 fully saturated rings. The molecule has 3 nitrogen and oxygen atoms in total. The second-order valence-electron chi connectivity index (χ2n) is 5.95. The number of para-hydroxylation sites is 1. The van der Waals surface area contributed by atoms with Crippen LogP contribution in [0.1, 0.15) is 30.0 Å². The minimum atomic E-state index is 0.150. The van der Waals surface area contributed by atoms with E-state index in [2.05, 4.69) is 53.1 Å². The molecule has 0 heterocycles. The molecule has 0 radical (unpaired) electrons. The number of hydrogen-bond donors (Lipinski definition) is 2. The van der Waals surface area contributed by atoms with E-state index in [9.17, 15) is 0 Å². The van der Waals surface area contributed by atoms with Crippen LogP contribution < -0.4 is 15.4 Å². The van der Waals surface area contributed by atoms with Crippen LogP contribution >= 0.6 is 0 Å². The topological polar surface area (TPSA) is 33.3 Å². The maximum atomic E-state index is 5.45. The van der Waals surface area contributed by atoms with E-state index in [1.165, 1.54) is 24.0 Å². The highest BCUT2D eigenvalue weighted by atomic mass is 16.5. The third-order valence-electron chi connectivity index (χ3n) is 4.59. The highest BCUT2D eigenvalue weighted by Crippen LogP contribution is 2.46. The molecular formula is C19H24N2O. The zero-order valence-electron chi connectivity index (χ0n) is 13.3. The molecule has 0 aliphatic heterocycles. The summed E-state index contributed by atoms with van der Waals surface area (Å²) >= 11 is 0. The third-order valence-corrected chi connectivity index (χ3v) is 4.59. The van der Waals surface area contributed by atoms with Crippen molar-refractivity contribution in [3.8, 4) is 5.75 Å². The molecular weight excluding hydrogens is 272 g/mol. The molecule has 1 aliphatic rings. The van der Waals surface area contributed by atoms with Crippen molar-refractivity contribution in [2.75, 3.05) is 14.2 Å². The molecule has 2 aromatic rings. The first-order valence-electron chi connectivity index (χ1n) is 7.88. The van der Waals surface area contributed by atoms with Crippen molar-refractivity contribution >= 4 is 0 Å². The highest BCUT2D eigenvalue weighted by Gasteiger charge is 2.49. The second-order valence-corrected chi connectivity index (χ2v) is 5.95. The van der Waals surface area contributed by atoms with Crippen LogP contribution in [-0.2, 0) is 6.54 Å². The lowest BCUT2D eigenvalue weighted by molar-refractivity contribution is 0.365. The Hall–Kier alpha value is -1.84. The van der Waals surface area contributed by atoms with Crippen molar-refractivity contribution in [2.24, 2.45) is 0 Å². The summed E-state index contributed by atoms with van der Waals surface area (Å²) in [6.45, 7) is 0.828. The maximum Gasteiger partial charge on any atom is 0.123 e. The molecule has 0 spiro atoms. The standard InChI is InChI=1S/C19H24N2O/c1-20-18(15-8-4-3-5-9-15)19(12-13-19)21-14-16-10-6-7-11-17(16)22-2/h3-11,18,20-21H,12-14H2,1-2H3. The molecule has 0 aromatic heterocycles. The van der Waals surface area contributed by atoms with Gasteiger partial charge in [0.15, 0.2) is 0 Å². The second kappa shape index (κ2) is 6.51. The van der Waals surface area contributed by atoms with E-state index in [0.29, 0.717) is 6.04 Å². The average molecular weight is 296 g/mol. The molecule has 3 rings (SSSR count). The fourth-order valence-electron chi connectivity index (χ4n) is 3.23. The molecule has 1 aliphatic carbocycles. The first-order chi connectivity index (χ1) is 10.8. The van der Waals surface area contributed by atoms with Gasteiger partial charge in [0, 0.05) is 17.6 Å². The van der Waals surface area contributed by atoms with Crippen molar-refractivity contribution < 1.29 is 4.74 Å². The average Bonchev–Trinajstić information content (AvgIpc) is 3.36. The van der Waals surface area contributed by atoms with E-state index in [-0.39, 0.29) is 5.54 Å². The van der Waals surface area contributed by atoms with Crippen molar-refractivity contribution in [1.29, 1.82) is 0 Å². The molecule has 1 saturated carbocycles. The quantitative estimate of drug-likeness (QED) is 0.822. The highest BCUT2D eigenvalue weighted by molar-refractivity contribution is 5.34. The summed E-state index contributed by atoms with van der Waals surface area (Å²) in [7, 11) is 3.77. The van der Waals surface area contributed by atoms with Gasteiger partial charge in [0.1, 0.15) is 5.75 Å². The molecule has 2 aromatic carbocycles. The minimum absolute atomic E-state index is 0.150. The Morgan fingerprint density at radius 1 is 1.05 bits per heavy atom. The summed E-state index contributed by atoms with van der Waals surface area (Å²) < 4.78 is 5.45. The molecule has 22 heavy (non-hydrogen) atoms. The number of ether oxygens (including phenoxy) is 1. The van der Waals surface area contributed by atoms with Crippen molar-refractivity contribution in [3.05, 3.63) is 65.7 Å². The lowest BCUT2D eigenvalue weighted by Crippen LogP contribution is -2.42. The van der Waals surface area contributed by atoms with Crippen molar-refractivity contribution in [3.63, 3.8) is 0 Å². The fourth-order valence-corrected chi connectivity index (χ4v) is 3.23. The van der Waals surface area contributed by atoms with Crippen molar-refractivity contribution in [1.82, 2.24) is 10.6 Å². The van der Waals surface area contributed by atoms with Gasteiger partial charge in [-0.1, -0.05) is 48.5 Å². The van der Waals surface area contributed by atoms with Crippen LogP contribution in [0, 0.1) is 0 Å². The zero-order chi connectivity index (χ0) is 15.4. The first-order valence-corrected chi connectivity index (χ1v) is 7.88. The van der Waals surface area contributed by atoms with Crippen LogP contribution in [0.2, 0.25) is 0 Å². The van der Waals surface area contributed by atoms with Gasteiger partial charge in [-0.15, -0.1) is 0 Å². The summed E-state index contributed by atoms with van der Waals surface area (Å²) in [5.41, 5.74) is 2.70. The zero-order valence-corrected chi connectivity index (χ0v) is 13.3. The van der Waals surface area contributed by atoms with Crippen LogP contribution in [0.4, 0.5) is 0 Å². The van der Waals surface area contributed by atoms with E-state index in [1.807, 2.05) is 19.2 Å². The Bertz CT molecular complexity index is 608. The number of methoxy groups -OCH3 is 1. The summed E-state index contributed by atoms with van der Waals surface area (Å²) in [5, 5.41) is 7.26. The molecule has 1 atom stereocenters. The number of nitrogens with one attached hydrogen (secondary N) is 2. The van der Waals surface area contributed by atoms with E-state index in [4.69, 9.17) is 4.74 Å². The smallest absolute Gasteiger partial charge is 0.123 e. The molecule has 116 valence electrons. The Kier molecular flexibility index (Phi) is 4.46. The SMILES string of the molecule is CNC(c1ccccc1)C1(NCc2ccccc2OC)CC1. The molecule has 0 saturated heterocycles. The minimum Gasteiger partial charge on any atom is -0.496 e. The molecule has 0 amide bonds. The number of rotatable bonds is 7. The Morgan fingerprint density at radius 3 is 2.36 bits per heavy atom. The lowest BCUT2D eigenvalue weighted by atomic mass is 9.97. The fraction of sp³-hybridized carbons (Fsp3) is 0.368. The predicted octanol–water partition coefficient (Wildman–Crippen LogP) is 3.28. The van der Waals surface area contributed by atoms with Crippen LogP contribution in [0.25, 0.3) is 0 Å². The summed E-state index contributed by atoms with van der Waals surface area (Å²) in [6, 6.07) is 19.2. The van der Waals surface area contributed by atoms with Gasteiger partial charge >= 0.3 is 0 Å². The third kappa shape index (κ3) is 3.01. The van der Waals surface area contributed by atoms with E-state index >= 15 is 0 Å². The summed E-state index contributed by atoms with van der Waals surface area (Å²) in [6.07, 6.45) is 2.39. The van der Waals surface area contributed by atoms with Gasteiger partial charge in [-0.05, 0) is 31.5 Å². The van der Waals surface area contributed by atoms with Crippen LogP contribution in [0.5, 0.6) is 5.75 Å².